The van der Waals surface area contributed by atoms with Gasteiger partial charge in [0.25, 0.3) is 5.91 Å². The van der Waals surface area contributed by atoms with Crippen LogP contribution in [0, 0.1) is 6.92 Å². The van der Waals surface area contributed by atoms with E-state index < -0.39 is 0 Å². The fraction of sp³-hybridized carbons (Fsp3) is 0.0833. The molecule has 0 aliphatic heterocycles. The molecule has 0 saturated heterocycles. The number of rotatable bonds is 3. The number of hydrogen-bond donors (Lipinski definition) is 2. The van der Waals surface area contributed by atoms with Crippen LogP contribution in [0.25, 0.3) is 0 Å². The lowest BCUT2D eigenvalue weighted by Gasteiger charge is -2.07. The van der Waals surface area contributed by atoms with E-state index in [9.17, 15) is 4.79 Å². The second kappa shape index (κ2) is 5.07. The van der Waals surface area contributed by atoms with Crippen molar-refractivity contribution in [3.8, 4) is 0 Å². The summed E-state index contributed by atoms with van der Waals surface area (Å²) in [5.41, 5.74) is 7.19. The van der Waals surface area contributed by atoms with Crippen LogP contribution in [0.4, 0.5) is 5.69 Å². The summed E-state index contributed by atoms with van der Waals surface area (Å²) in [6.45, 7) is 1.82. The highest BCUT2D eigenvalue weighted by molar-refractivity contribution is 5.92. The summed E-state index contributed by atoms with van der Waals surface area (Å²) in [7, 11) is 0. The van der Waals surface area contributed by atoms with Crippen molar-refractivity contribution >= 4 is 11.6 Å². The molecule has 0 bridgehead atoms. The molecule has 0 aliphatic carbocycles. The van der Waals surface area contributed by atoms with Gasteiger partial charge in [-0.1, -0.05) is 18.2 Å². The average Bonchev–Trinajstić information content (AvgIpc) is 2.38. The third-order valence-electron chi connectivity index (χ3n) is 2.11. The van der Waals surface area contributed by atoms with Crippen LogP contribution in [0.5, 0.6) is 0 Å². The van der Waals surface area contributed by atoms with E-state index in [0.29, 0.717) is 0 Å². The summed E-state index contributed by atoms with van der Waals surface area (Å²) in [5.74, 6) is -0.318. The minimum absolute atomic E-state index is 0.277. The highest BCUT2D eigenvalue weighted by atomic mass is 16.2. The van der Waals surface area contributed by atoms with Crippen molar-refractivity contribution in [2.75, 3.05) is 5.43 Å². The molecule has 0 fully saturated rings. The summed E-state index contributed by atoms with van der Waals surface area (Å²) >= 11 is 0. The number of aryl methyl sites for hydroxylation is 1. The van der Waals surface area contributed by atoms with Gasteiger partial charge in [0.05, 0.1) is 17.6 Å². The van der Waals surface area contributed by atoms with Crippen molar-refractivity contribution in [3.63, 3.8) is 0 Å². The standard InChI is InChI=1S/C12H12N4O/c1-9-7-14-11(8-13-9)12(17)16-15-10-5-3-2-4-6-10/h2-8,15H,1H3,(H,16,17). The molecule has 0 aliphatic rings. The summed E-state index contributed by atoms with van der Waals surface area (Å²) < 4.78 is 0. The fourth-order valence-electron chi connectivity index (χ4n) is 1.22. The second-order valence-corrected chi connectivity index (χ2v) is 3.49. The van der Waals surface area contributed by atoms with Gasteiger partial charge in [0.1, 0.15) is 5.69 Å². The van der Waals surface area contributed by atoms with Crippen LogP contribution in [0.3, 0.4) is 0 Å². The van der Waals surface area contributed by atoms with Crippen molar-refractivity contribution in [2.24, 2.45) is 0 Å². The number of anilines is 1. The highest BCUT2D eigenvalue weighted by Crippen LogP contribution is 2.03. The van der Waals surface area contributed by atoms with Gasteiger partial charge in [-0.15, -0.1) is 0 Å². The van der Waals surface area contributed by atoms with Gasteiger partial charge in [0, 0.05) is 6.20 Å². The van der Waals surface area contributed by atoms with Gasteiger partial charge in [0.15, 0.2) is 0 Å². The van der Waals surface area contributed by atoms with E-state index in [0.717, 1.165) is 11.4 Å². The minimum atomic E-state index is -0.318. The van der Waals surface area contributed by atoms with Crippen LogP contribution in [0.1, 0.15) is 16.2 Å². The Morgan fingerprint density at radius 1 is 1.12 bits per heavy atom. The van der Waals surface area contributed by atoms with E-state index >= 15 is 0 Å². The smallest absolute Gasteiger partial charge is 0.289 e. The highest BCUT2D eigenvalue weighted by Gasteiger charge is 2.06. The molecule has 1 aromatic carbocycles. The third-order valence-corrected chi connectivity index (χ3v) is 2.11. The molecule has 1 heterocycles. The molecule has 1 amide bonds. The molecule has 2 N–H and O–H groups in total. The molecule has 0 spiro atoms. The van der Waals surface area contributed by atoms with Gasteiger partial charge in [-0.3, -0.25) is 20.6 Å². The number of carbonyl (C=O) groups excluding carboxylic acids is 1. The molecule has 1 aromatic heterocycles. The lowest BCUT2D eigenvalue weighted by atomic mass is 10.3. The lowest BCUT2D eigenvalue weighted by Crippen LogP contribution is -2.30. The maximum Gasteiger partial charge on any atom is 0.289 e. The third kappa shape index (κ3) is 3.01. The zero-order valence-corrected chi connectivity index (χ0v) is 9.34. The van der Waals surface area contributed by atoms with Crippen LogP contribution in [-0.2, 0) is 0 Å². The van der Waals surface area contributed by atoms with Gasteiger partial charge in [-0.25, -0.2) is 4.98 Å². The zero-order valence-electron chi connectivity index (χ0n) is 9.34. The van der Waals surface area contributed by atoms with Crippen LogP contribution in [-0.4, -0.2) is 15.9 Å². The van der Waals surface area contributed by atoms with Gasteiger partial charge >= 0.3 is 0 Å². The Labute approximate surface area is 98.9 Å². The minimum Gasteiger partial charge on any atom is -0.298 e. The predicted molar refractivity (Wildman–Crippen MR) is 64.3 cm³/mol. The van der Waals surface area contributed by atoms with Crippen molar-refractivity contribution < 1.29 is 4.79 Å². The fourth-order valence-corrected chi connectivity index (χ4v) is 1.22. The molecule has 5 heteroatoms. The van der Waals surface area contributed by atoms with E-state index in [4.69, 9.17) is 0 Å². The van der Waals surface area contributed by atoms with Crippen molar-refractivity contribution in [2.45, 2.75) is 6.92 Å². The topological polar surface area (TPSA) is 66.9 Å². The number of nitrogens with zero attached hydrogens (tertiary/aromatic N) is 2. The van der Waals surface area contributed by atoms with Crippen LogP contribution in [0.2, 0.25) is 0 Å². The van der Waals surface area contributed by atoms with Gasteiger partial charge in [-0.05, 0) is 19.1 Å². The van der Waals surface area contributed by atoms with Crippen LogP contribution in [0.15, 0.2) is 42.7 Å². The van der Waals surface area contributed by atoms with E-state index in [-0.39, 0.29) is 11.6 Å². The van der Waals surface area contributed by atoms with Gasteiger partial charge in [-0.2, -0.15) is 0 Å². The Balaban J connectivity index is 1.96. The Bertz CT molecular complexity index is 496. The molecule has 0 saturated carbocycles. The number of aromatic nitrogens is 2. The maximum atomic E-state index is 11.7. The Morgan fingerprint density at radius 2 is 1.88 bits per heavy atom. The average molecular weight is 228 g/mol. The van der Waals surface area contributed by atoms with Crippen molar-refractivity contribution in [3.05, 3.63) is 54.1 Å². The van der Waals surface area contributed by atoms with Crippen LogP contribution < -0.4 is 10.9 Å². The van der Waals surface area contributed by atoms with E-state index in [1.165, 1.54) is 6.20 Å². The first-order valence-corrected chi connectivity index (χ1v) is 5.16. The first kappa shape index (κ1) is 11.1. The monoisotopic (exact) mass is 228 g/mol. The summed E-state index contributed by atoms with van der Waals surface area (Å²) in [6, 6.07) is 9.35. The largest absolute Gasteiger partial charge is 0.298 e. The van der Waals surface area contributed by atoms with Gasteiger partial charge in [0.2, 0.25) is 0 Å². The first-order chi connectivity index (χ1) is 8.25. The second-order valence-electron chi connectivity index (χ2n) is 3.49. The number of hydrazine groups is 1. The molecule has 0 unspecified atom stereocenters. The number of hydrogen-bond acceptors (Lipinski definition) is 4. The van der Waals surface area contributed by atoms with E-state index in [2.05, 4.69) is 20.8 Å². The number of para-hydroxylation sites is 1. The zero-order chi connectivity index (χ0) is 12.1. The molecule has 0 radical (unpaired) electrons. The number of benzene rings is 1. The molecular weight excluding hydrogens is 216 g/mol. The molecule has 2 aromatic rings. The number of amides is 1. The van der Waals surface area contributed by atoms with Crippen LogP contribution >= 0.6 is 0 Å². The Morgan fingerprint density at radius 3 is 2.53 bits per heavy atom. The van der Waals surface area contributed by atoms with Gasteiger partial charge < -0.3 is 0 Å². The number of carbonyl (C=O) groups is 1. The predicted octanol–water partition coefficient (Wildman–Crippen LogP) is 1.54. The molecule has 17 heavy (non-hydrogen) atoms. The van der Waals surface area contributed by atoms with E-state index in [1.54, 1.807) is 6.20 Å². The lowest BCUT2D eigenvalue weighted by molar-refractivity contribution is 0.0957. The molecule has 5 nitrogen and oxygen atoms in total. The van der Waals surface area contributed by atoms with Crippen molar-refractivity contribution in [1.82, 2.24) is 15.4 Å². The first-order valence-electron chi connectivity index (χ1n) is 5.16. The van der Waals surface area contributed by atoms with Crippen molar-refractivity contribution in [1.29, 1.82) is 0 Å². The Kier molecular flexibility index (Phi) is 3.30. The van der Waals surface area contributed by atoms with E-state index in [1.807, 2.05) is 37.3 Å². The normalized spacial score (nSPS) is 9.71. The molecule has 0 atom stereocenters. The summed E-state index contributed by atoms with van der Waals surface area (Å²) in [5, 5.41) is 0. The number of nitrogens with one attached hydrogen (secondary N) is 2. The summed E-state index contributed by atoms with van der Waals surface area (Å²) in [4.78, 5) is 19.6. The SMILES string of the molecule is Cc1cnc(C(=O)NNc2ccccc2)cn1. The molecular formula is C12H12N4O. The molecule has 2 rings (SSSR count). The Hall–Kier alpha value is -2.43. The summed E-state index contributed by atoms with van der Waals surface area (Å²) in [6.07, 6.45) is 2.99. The maximum absolute atomic E-state index is 11.7. The molecule has 86 valence electrons. The quantitative estimate of drug-likeness (QED) is 0.782.